The molecule has 0 rings (SSSR count). The maximum absolute atomic E-state index is 11.7. The Balaban J connectivity index is 4.55. The second kappa shape index (κ2) is 3.88. The Morgan fingerprint density at radius 2 is 2.00 bits per heavy atom. The summed E-state index contributed by atoms with van der Waals surface area (Å²) in [7, 11) is -3.30. The number of hydrogen-bond donors (Lipinski definition) is 1. The maximum atomic E-state index is 11.7. The lowest BCUT2D eigenvalue weighted by atomic mass is 10.3. The third-order valence-electron chi connectivity index (χ3n) is 1.13. The normalized spacial score (nSPS) is 17.0. The van der Waals surface area contributed by atoms with Crippen LogP contribution >= 0.6 is 0 Å². The minimum absolute atomic E-state index is 0.304. The lowest BCUT2D eigenvalue weighted by Crippen LogP contribution is -2.33. The van der Waals surface area contributed by atoms with Crippen LogP contribution in [0.15, 0.2) is 0 Å². The van der Waals surface area contributed by atoms with Crippen molar-refractivity contribution in [3.63, 3.8) is 0 Å². The molecule has 0 fully saturated rings. The Morgan fingerprint density at radius 3 is 2.08 bits per heavy atom. The topological polar surface area (TPSA) is 54.4 Å². The highest BCUT2D eigenvalue weighted by Crippen LogP contribution is 2.24. The molecule has 0 saturated carbocycles. The van der Waals surface area contributed by atoms with Gasteiger partial charge in [-0.15, -0.1) is 0 Å². The van der Waals surface area contributed by atoms with E-state index >= 15 is 0 Å². The van der Waals surface area contributed by atoms with Gasteiger partial charge in [0.15, 0.2) is 0 Å². The van der Waals surface area contributed by atoms with Crippen molar-refractivity contribution in [2.45, 2.75) is 24.1 Å². The van der Waals surface area contributed by atoms with Gasteiger partial charge in [0, 0.05) is 0 Å². The highest BCUT2D eigenvalue weighted by atomic mass is 32.2. The van der Waals surface area contributed by atoms with E-state index in [2.05, 4.69) is 0 Å². The Kier molecular flexibility index (Phi) is 3.69. The lowest BCUT2D eigenvalue weighted by molar-refractivity contribution is -0.137. The van der Waals surface area contributed by atoms with E-state index in [9.17, 15) is 22.2 Å². The summed E-state index contributed by atoms with van der Waals surface area (Å²) in [6.07, 6.45) is -0.304. The fraction of sp³-hybridized carbons (Fsp3) is 0.800. The number of hydrogen-bond acceptors (Lipinski definition) is 2. The standard InChI is InChI=1S/C5H7F3O3S/c1-2-3(4(9)10)12(11)5(6,7)8/h3H,2H2,1H3,(H,9,10). The van der Waals surface area contributed by atoms with Crippen LogP contribution < -0.4 is 0 Å². The predicted molar refractivity (Wildman–Crippen MR) is 35.9 cm³/mol. The largest absolute Gasteiger partial charge is 0.480 e. The van der Waals surface area contributed by atoms with Crippen LogP contribution in [0, 0.1) is 0 Å². The van der Waals surface area contributed by atoms with Gasteiger partial charge in [0.1, 0.15) is 16.0 Å². The van der Waals surface area contributed by atoms with Crippen molar-refractivity contribution in [2.75, 3.05) is 0 Å². The summed E-state index contributed by atoms with van der Waals surface area (Å²) in [6, 6.07) is 0. The van der Waals surface area contributed by atoms with Crippen LogP contribution in [0.4, 0.5) is 13.2 Å². The van der Waals surface area contributed by atoms with Crippen molar-refractivity contribution in [1.82, 2.24) is 0 Å². The molecule has 12 heavy (non-hydrogen) atoms. The fourth-order valence-corrected chi connectivity index (χ4v) is 1.39. The van der Waals surface area contributed by atoms with Crippen LogP contribution in [0.2, 0.25) is 0 Å². The summed E-state index contributed by atoms with van der Waals surface area (Å²) >= 11 is 0. The van der Waals surface area contributed by atoms with Crippen molar-refractivity contribution in [3.05, 3.63) is 0 Å². The summed E-state index contributed by atoms with van der Waals surface area (Å²) in [5, 5.41) is 6.36. The van der Waals surface area contributed by atoms with Crippen molar-refractivity contribution in [3.8, 4) is 0 Å². The Labute approximate surface area is 69.0 Å². The third kappa shape index (κ3) is 2.80. The summed E-state index contributed by atoms with van der Waals surface area (Å²) < 4.78 is 45.5. The van der Waals surface area contributed by atoms with Crippen LogP contribution in [0.1, 0.15) is 13.3 Å². The first-order chi connectivity index (χ1) is 5.30. The van der Waals surface area contributed by atoms with Crippen LogP contribution in [-0.4, -0.2) is 26.0 Å². The SMILES string of the molecule is CCC(C(=O)O)S(=O)C(F)(F)F. The van der Waals surface area contributed by atoms with Gasteiger partial charge >= 0.3 is 11.5 Å². The molecule has 0 aromatic rings. The Morgan fingerprint density at radius 1 is 1.58 bits per heavy atom. The molecule has 2 atom stereocenters. The first kappa shape index (κ1) is 11.4. The second-order valence-electron chi connectivity index (χ2n) is 1.98. The van der Waals surface area contributed by atoms with Crippen LogP contribution in [0.5, 0.6) is 0 Å². The van der Waals surface area contributed by atoms with Gasteiger partial charge in [0.05, 0.1) is 0 Å². The van der Waals surface area contributed by atoms with Gasteiger partial charge in [-0.25, -0.2) is 4.21 Å². The highest BCUT2D eigenvalue weighted by molar-refractivity contribution is 7.87. The molecular weight excluding hydrogens is 197 g/mol. The van der Waals surface area contributed by atoms with Crippen LogP contribution in [-0.2, 0) is 15.6 Å². The minimum atomic E-state index is -4.95. The van der Waals surface area contributed by atoms with Gasteiger partial charge < -0.3 is 5.11 Å². The molecule has 1 N–H and O–H groups in total. The zero-order chi connectivity index (χ0) is 9.94. The molecule has 7 heteroatoms. The molecule has 0 aliphatic carbocycles. The first-order valence-electron chi connectivity index (χ1n) is 3.01. The predicted octanol–water partition coefficient (Wildman–Crippen LogP) is 1.12. The summed E-state index contributed by atoms with van der Waals surface area (Å²) in [5.41, 5.74) is -4.95. The second-order valence-corrected chi connectivity index (χ2v) is 3.61. The molecule has 0 aliphatic heterocycles. The number of carbonyl (C=O) groups is 1. The number of aliphatic carboxylic acids is 1. The van der Waals surface area contributed by atoms with Gasteiger partial charge in [-0.1, -0.05) is 6.92 Å². The highest BCUT2D eigenvalue weighted by Gasteiger charge is 2.44. The van der Waals surface area contributed by atoms with Crippen LogP contribution in [0.3, 0.4) is 0 Å². The number of carboxylic acid groups (broad SMARTS) is 1. The molecule has 3 nitrogen and oxygen atoms in total. The molecule has 0 aromatic heterocycles. The zero-order valence-corrected chi connectivity index (χ0v) is 6.91. The van der Waals surface area contributed by atoms with E-state index in [1.165, 1.54) is 6.92 Å². The fourth-order valence-electron chi connectivity index (χ4n) is 0.579. The molecule has 0 amide bonds. The van der Waals surface area contributed by atoms with Gasteiger partial charge in [-0.2, -0.15) is 13.2 Å². The summed E-state index contributed by atoms with van der Waals surface area (Å²) in [6.45, 7) is 1.24. The monoisotopic (exact) mass is 204 g/mol. The molecular formula is C5H7F3O3S. The van der Waals surface area contributed by atoms with Gasteiger partial charge in [-0.3, -0.25) is 4.79 Å². The molecule has 2 unspecified atom stereocenters. The molecule has 0 saturated heterocycles. The number of carboxylic acids is 1. The molecule has 72 valence electrons. The van der Waals surface area contributed by atoms with E-state index in [1.807, 2.05) is 0 Å². The van der Waals surface area contributed by atoms with Gasteiger partial charge in [0.25, 0.3) is 0 Å². The van der Waals surface area contributed by atoms with Gasteiger partial charge in [0.2, 0.25) is 0 Å². The molecule has 0 heterocycles. The smallest absolute Gasteiger partial charge is 0.472 e. The zero-order valence-electron chi connectivity index (χ0n) is 6.09. The molecule has 0 aromatic carbocycles. The Hall–Kier alpha value is -0.590. The maximum Gasteiger partial charge on any atom is 0.472 e. The first-order valence-corrected chi connectivity index (χ1v) is 4.22. The average Bonchev–Trinajstić information content (AvgIpc) is 1.86. The molecule has 0 aliphatic rings. The number of halogens is 3. The van der Waals surface area contributed by atoms with E-state index in [-0.39, 0.29) is 6.42 Å². The Bertz CT molecular complexity index is 201. The van der Waals surface area contributed by atoms with Crippen molar-refractivity contribution < 1.29 is 27.3 Å². The summed E-state index contributed by atoms with van der Waals surface area (Å²) in [4.78, 5) is 10.1. The lowest BCUT2D eigenvalue weighted by Gasteiger charge is -2.11. The van der Waals surface area contributed by atoms with Crippen LogP contribution in [0.25, 0.3) is 0 Å². The van der Waals surface area contributed by atoms with E-state index in [4.69, 9.17) is 5.11 Å². The third-order valence-corrected chi connectivity index (χ3v) is 2.64. The molecule has 0 radical (unpaired) electrons. The van der Waals surface area contributed by atoms with E-state index < -0.39 is 27.5 Å². The number of alkyl halides is 3. The van der Waals surface area contributed by atoms with Crippen molar-refractivity contribution in [2.24, 2.45) is 0 Å². The molecule has 0 spiro atoms. The van der Waals surface area contributed by atoms with Crippen molar-refractivity contribution in [1.29, 1.82) is 0 Å². The van der Waals surface area contributed by atoms with E-state index in [0.29, 0.717) is 0 Å². The van der Waals surface area contributed by atoms with E-state index in [1.54, 1.807) is 0 Å². The van der Waals surface area contributed by atoms with Gasteiger partial charge in [-0.05, 0) is 6.42 Å². The minimum Gasteiger partial charge on any atom is -0.480 e. The molecule has 0 bridgehead atoms. The average molecular weight is 204 g/mol. The quantitative estimate of drug-likeness (QED) is 0.749. The number of rotatable bonds is 3. The van der Waals surface area contributed by atoms with E-state index in [0.717, 1.165) is 0 Å². The van der Waals surface area contributed by atoms with Crippen molar-refractivity contribution >= 4 is 16.8 Å². The summed E-state index contributed by atoms with van der Waals surface area (Å²) in [5.74, 6) is -1.69.